The average molecular weight is 136 g/mol. The molecule has 0 aromatic carbocycles. The summed E-state index contributed by atoms with van der Waals surface area (Å²) >= 11 is 2.68. The van der Waals surface area contributed by atoms with E-state index in [1.54, 1.807) is 0 Å². The standard InChI is InChI=1S/2CN.CO.Fe/c3*1-2;/q2*-1;;. The van der Waals surface area contributed by atoms with E-state index in [1.807, 2.05) is 0 Å². The monoisotopic (exact) mass is 136 g/mol. The van der Waals surface area contributed by atoms with Gasteiger partial charge in [0.25, 0.3) is 0 Å². The molecule has 0 bridgehead atoms. The molecule has 0 aliphatic rings. The molecule has 0 heterocycles. The molecule has 7 heavy (non-hydrogen) atoms. The van der Waals surface area contributed by atoms with Crippen LogP contribution >= 0.6 is 0 Å². The first-order valence-electron chi connectivity index (χ1n) is 0.828. The van der Waals surface area contributed by atoms with E-state index in [2.05, 4.69) is 15.6 Å². The molecule has 38 valence electrons. The van der Waals surface area contributed by atoms with Crippen LogP contribution < -0.4 is 0 Å². The smallest absolute Gasteiger partial charge is 0.488 e. The number of nitrogens with zero attached hydrogens (tertiary/aromatic N) is 2. The number of rotatable bonds is 0. The van der Waals surface area contributed by atoms with Gasteiger partial charge in [0.05, 0.1) is 0 Å². The molecule has 4 heteroatoms. The Morgan fingerprint density at radius 1 is 1.29 bits per heavy atom. The second kappa shape index (κ2) is 13400. The van der Waals surface area contributed by atoms with Crippen LogP contribution in [0.5, 0.6) is 0 Å². The Morgan fingerprint density at radius 3 is 1.29 bits per heavy atom. The topological polar surface area (TPSA) is 64.7 Å². The fourth-order valence-corrected chi connectivity index (χ4v) is 0. The van der Waals surface area contributed by atoms with E-state index in [4.69, 9.17) is 28.5 Å². The molecule has 0 spiro atoms. The Hall–Kier alpha value is -0.921. The van der Waals surface area contributed by atoms with Crippen LogP contribution in [0, 0.1) is 23.7 Å². The molecule has 0 saturated carbocycles. The van der Waals surface area contributed by atoms with Crippen molar-refractivity contribution in [1.82, 2.24) is 0 Å². The van der Waals surface area contributed by atoms with Crippen molar-refractivity contribution in [3.63, 3.8) is 0 Å². The maximum Gasteiger partial charge on any atom is -0.488 e. The molecule has 3 nitrogen and oxygen atoms in total. The van der Waals surface area contributed by atoms with Crippen molar-refractivity contribution in [2.75, 3.05) is 0 Å². The number of hydrogen-bond acceptors (Lipinski definition) is 3. The maximum absolute atomic E-state index is 8.57. The molecule has 0 rings (SSSR count). The van der Waals surface area contributed by atoms with E-state index < -0.39 is 0 Å². The van der Waals surface area contributed by atoms with Crippen molar-refractivity contribution in [3.05, 3.63) is 13.1 Å². The predicted octanol–water partition coefficient (Wildman–Crippen LogP) is -0.207. The summed E-state index contributed by atoms with van der Waals surface area (Å²) in [5.74, 6) is 0. The van der Waals surface area contributed by atoms with E-state index in [9.17, 15) is 0 Å². The van der Waals surface area contributed by atoms with Crippen LogP contribution in [-0.2, 0) is 20.4 Å². The molecule has 0 N–H and O–H groups in total. The fourth-order valence-electron chi connectivity index (χ4n) is 0. The molecule has 0 saturated heterocycles. The predicted molar refractivity (Wildman–Crippen MR) is 15.6 cm³/mol. The minimum Gasteiger partial charge on any atom is -0.512 e. The van der Waals surface area contributed by atoms with Crippen molar-refractivity contribution in [1.29, 1.82) is 10.5 Å². The Morgan fingerprint density at radius 2 is 1.29 bits per heavy atom. The first-order chi connectivity index (χ1) is 3.41. The molecule has 0 fully saturated rings. The van der Waals surface area contributed by atoms with Crippen LogP contribution in [0.1, 0.15) is 0 Å². The molecule has 0 amide bonds. The zero-order valence-corrected chi connectivity index (χ0v) is 4.26. The maximum atomic E-state index is 8.57. The first-order valence-corrected chi connectivity index (χ1v) is 1.38. The van der Waals surface area contributed by atoms with Gasteiger partial charge in [-0.3, -0.25) is 0 Å². The Kier molecular flexibility index (Phi) is 31600. The van der Waals surface area contributed by atoms with Gasteiger partial charge < -0.3 is 23.7 Å². The summed E-state index contributed by atoms with van der Waals surface area (Å²) < 4.78 is 0. The van der Waals surface area contributed by atoms with Crippen LogP contribution in [-0.4, -0.2) is 4.79 Å². The van der Waals surface area contributed by atoms with Gasteiger partial charge in [0.15, 0.2) is 0 Å². The third-order valence-corrected chi connectivity index (χ3v) is 0. The summed E-state index contributed by atoms with van der Waals surface area (Å²) in [6, 6.07) is 0. The summed E-state index contributed by atoms with van der Waals surface area (Å²) in [6.07, 6.45) is 0. The molecular weight excluding hydrogens is 136 g/mol. The summed E-state index contributed by atoms with van der Waals surface area (Å²) in [6.45, 7) is 9.50. The summed E-state index contributed by atoms with van der Waals surface area (Å²) in [4.78, 5) is 9.82. The van der Waals surface area contributed by atoms with Gasteiger partial charge >= 0.3 is 25.2 Å². The van der Waals surface area contributed by atoms with Gasteiger partial charge in [-0.1, -0.05) is 0 Å². The summed E-state index contributed by atoms with van der Waals surface area (Å²) in [5.41, 5.74) is 0. The minimum atomic E-state index is 1.25. The van der Waals surface area contributed by atoms with Crippen LogP contribution in [0.25, 0.3) is 0 Å². The third-order valence-electron chi connectivity index (χ3n) is 0. The van der Waals surface area contributed by atoms with E-state index in [1.165, 1.54) is 4.79 Å². The summed E-state index contributed by atoms with van der Waals surface area (Å²) in [7, 11) is 0. The van der Waals surface area contributed by atoms with Crippen LogP contribution in [0.15, 0.2) is 0 Å². The van der Waals surface area contributed by atoms with Crippen LogP contribution in [0.2, 0.25) is 0 Å². The Balaban J connectivity index is -0.0000000360. The molecule has 0 atom stereocenters. The van der Waals surface area contributed by atoms with Crippen LogP contribution in [0.3, 0.4) is 0 Å². The molecular formula is C3FeN2O-2. The van der Waals surface area contributed by atoms with E-state index in [-0.39, 0.29) is 0 Å². The average Bonchev–Trinajstić information content (AvgIpc) is 1.78. The quantitative estimate of drug-likeness (QED) is 0.341. The zero-order chi connectivity index (χ0) is 6.71. The summed E-state index contributed by atoms with van der Waals surface area (Å²) in [5, 5.41) is 12.5. The first kappa shape index (κ1) is 16.5. The van der Waals surface area contributed by atoms with Gasteiger partial charge in [-0.2, -0.15) is 0 Å². The Bertz CT molecular complexity index is 73.4. The second-order valence-corrected chi connectivity index (χ2v) is 0.298. The van der Waals surface area contributed by atoms with Crippen molar-refractivity contribution in [2.24, 2.45) is 0 Å². The van der Waals surface area contributed by atoms with E-state index in [0.29, 0.717) is 0 Å². The molecule has 0 aliphatic carbocycles. The van der Waals surface area contributed by atoms with Crippen molar-refractivity contribution >= 4 is 4.79 Å². The van der Waals surface area contributed by atoms with E-state index in [0.717, 1.165) is 0 Å². The second-order valence-electron chi connectivity index (χ2n) is 0.0722. The third kappa shape index (κ3) is 56.8. The van der Waals surface area contributed by atoms with Crippen molar-refractivity contribution < 1.29 is 20.4 Å². The minimum absolute atomic E-state index is 1.25. The van der Waals surface area contributed by atoms with Crippen molar-refractivity contribution in [2.45, 2.75) is 0 Å². The molecule has 0 radical (unpaired) electrons. The van der Waals surface area contributed by atoms with Gasteiger partial charge in [-0.25, -0.2) is 0 Å². The molecule has 0 unspecified atom stereocenters. The number of hydrogen-bond donors (Lipinski definition) is 0. The normalized spacial score (nSPS) is 1.86. The van der Waals surface area contributed by atoms with Crippen molar-refractivity contribution in [3.8, 4) is 0 Å². The molecule has 0 aromatic rings. The van der Waals surface area contributed by atoms with Gasteiger partial charge in [-0.05, 0) is 0 Å². The van der Waals surface area contributed by atoms with Crippen LogP contribution in [0.4, 0.5) is 0 Å². The van der Waals surface area contributed by atoms with Gasteiger partial charge in [-0.15, -0.1) is 0 Å². The van der Waals surface area contributed by atoms with E-state index >= 15 is 0 Å². The zero-order valence-electron chi connectivity index (χ0n) is 3.16. The SMILES string of the molecule is O=[C]=[Fe].[C-]#N.[C-]#N. The van der Waals surface area contributed by atoms with Gasteiger partial charge in [0, 0.05) is 0 Å². The molecule has 0 aliphatic heterocycles. The van der Waals surface area contributed by atoms with Gasteiger partial charge in [0.2, 0.25) is 0 Å². The largest absolute Gasteiger partial charge is 0.512 e. The Labute approximate surface area is 49.5 Å². The fraction of sp³-hybridized carbons (Fsp3) is 0. The van der Waals surface area contributed by atoms with Gasteiger partial charge in [0.1, 0.15) is 0 Å². The number of carbonyl (C=O) groups excluding carboxylic acids is 1. The molecule has 0 aromatic heterocycles.